The molecular formula is C27H28FNO3S. The van der Waals surface area contributed by atoms with Crippen molar-refractivity contribution in [2.24, 2.45) is 0 Å². The van der Waals surface area contributed by atoms with Crippen LogP contribution in [0.3, 0.4) is 0 Å². The first-order chi connectivity index (χ1) is 16.2. The smallest absolute Gasteiger partial charge is 0.153 e. The Hall–Kier alpha value is -2.70. The Morgan fingerprint density at radius 1 is 0.970 bits per heavy atom. The average Bonchev–Trinajstić information content (AvgIpc) is 3.27. The normalized spacial score (nSPS) is 18.9. The molecule has 6 heteroatoms. The predicted octanol–water partition coefficient (Wildman–Crippen LogP) is 7.19. The van der Waals surface area contributed by atoms with Crippen molar-refractivity contribution in [3.63, 3.8) is 0 Å². The number of rotatable bonds is 7. The van der Waals surface area contributed by atoms with E-state index in [1.165, 1.54) is 44.1 Å². The number of phenolic OH excluding ortho intramolecular Hbond substituents is 1. The second kappa shape index (κ2) is 10.1. The molecule has 2 aliphatic rings. The maximum Gasteiger partial charge on any atom is 0.153 e. The van der Waals surface area contributed by atoms with Crippen molar-refractivity contribution in [1.29, 1.82) is 0 Å². The molecule has 0 bridgehead atoms. The molecule has 5 rings (SSSR count). The third-order valence-corrected chi connectivity index (χ3v) is 7.37. The summed E-state index contributed by atoms with van der Waals surface area (Å²) in [5.41, 5.74) is 0.948. The number of benzene rings is 3. The zero-order valence-corrected chi connectivity index (χ0v) is 19.3. The molecule has 3 aromatic carbocycles. The van der Waals surface area contributed by atoms with E-state index in [-0.39, 0.29) is 16.2 Å². The third kappa shape index (κ3) is 5.28. The van der Waals surface area contributed by atoms with Gasteiger partial charge in [-0.1, -0.05) is 30.3 Å². The molecule has 1 unspecified atom stereocenters. The molecule has 33 heavy (non-hydrogen) atoms. The molecule has 1 N–H and O–H groups in total. The Labute approximate surface area is 198 Å². The molecule has 3 aromatic rings. The first-order valence-electron chi connectivity index (χ1n) is 11.6. The summed E-state index contributed by atoms with van der Waals surface area (Å²) in [6, 6.07) is 16.8. The maximum atomic E-state index is 13.8. The number of allylic oxidation sites excluding steroid dienone is 1. The van der Waals surface area contributed by atoms with Gasteiger partial charge in [-0.15, -0.1) is 0 Å². The Morgan fingerprint density at radius 3 is 2.52 bits per heavy atom. The topological polar surface area (TPSA) is 41.9 Å². The van der Waals surface area contributed by atoms with Gasteiger partial charge in [0, 0.05) is 22.7 Å². The van der Waals surface area contributed by atoms with Crippen LogP contribution < -0.4 is 9.47 Å². The lowest BCUT2D eigenvalue weighted by molar-refractivity contribution is 0.183. The lowest BCUT2D eigenvalue weighted by Crippen LogP contribution is -2.33. The summed E-state index contributed by atoms with van der Waals surface area (Å²) in [5, 5.41) is 11.5. The molecule has 0 amide bonds. The molecule has 1 atom stereocenters. The number of likely N-dealkylation sites (tertiary alicyclic amines) is 1. The van der Waals surface area contributed by atoms with Gasteiger partial charge in [0.05, 0.1) is 0 Å². The SMILES string of the molecule is Oc1ccc2c(Oc3ccc(OCCN4CCCCC4)cc3)c(C3CC=C(F)S3)ccc2c1. The summed E-state index contributed by atoms with van der Waals surface area (Å²) in [4.78, 5) is 2.46. The van der Waals surface area contributed by atoms with Crippen molar-refractivity contribution in [2.75, 3.05) is 26.2 Å². The molecule has 0 radical (unpaired) electrons. The molecule has 172 valence electrons. The van der Waals surface area contributed by atoms with Gasteiger partial charge in [0.1, 0.15) is 29.6 Å². The number of halogens is 1. The first-order valence-corrected chi connectivity index (χ1v) is 12.4. The van der Waals surface area contributed by atoms with E-state index in [1.807, 2.05) is 42.5 Å². The number of thioether (sulfide) groups is 1. The van der Waals surface area contributed by atoms with Gasteiger partial charge in [-0.25, -0.2) is 0 Å². The van der Waals surface area contributed by atoms with Crippen LogP contribution in [-0.4, -0.2) is 36.2 Å². The first kappa shape index (κ1) is 22.1. The summed E-state index contributed by atoms with van der Waals surface area (Å²) < 4.78 is 26.1. The summed E-state index contributed by atoms with van der Waals surface area (Å²) in [6.07, 6.45) is 6.15. The van der Waals surface area contributed by atoms with Crippen molar-refractivity contribution in [3.05, 3.63) is 71.4 Å². The van der Waals surface area contributed by atoms with Crippen LogP contribution in [0.1, 0.15) is 36.5 Å². The van der Waals surface area contributed by atoms with E-state index in [9.17, 15) is 9.50 Å². The van der Waals surface area contributed by atoms with E-state index in [0.29, 0.717) is 24.5 Å². The molecule has 2 heterocycles. The third-order valence-electron chi connectivity index (χ3n) is 6.25. The van der Waals surface area contributed by atoms with Gasteiger partial charge in [-0.05, 0) is 86.3 Å². The van der Waals surface area contributed by atoms with Crippen molar-refractivity contribution < 1.29 is 19.0 Å². The lowest BCUT2D eigenvalue weighted by Gasteiger charge is -2.26. The fourth-order valence-corrected chi connectivity index (χ4v) is 5.46. The van der Waals surface area contributed by atoms with Gasteiger partial charge in [0.25, 0.3) is 0 Å². The lowest BCUT2D eigenvalue weighted by atomic mass is 10.0. The molecule has 0 aromatic heterocycles. The minimum absolute atomic E-state index is 0.0319. The average molecular weight is 466 g/mol. The highest BCUT2D eigenvalue weighted by molar-refractivity contribution is 8.03. The molecular weight excluding hydrogens is 437 g/mol. The Kier molecular flexibility index (Phi) is 6.74. The highest BCUT2D eigenvalue weighted by atomic mass is 32.2. The van der Waals surface area contributed by atoms with E-state index in [4.69, 9.17) is 9.47 Å². The van der Waals surface area contributed by atoms with E-state index in [1.54, 1.807) is 18.2 Å². The number of aromatic hydroxyl groups is 1. The van der Waals surface area contributed by atoms with Crippen LogP contribution in [0.15, 0.2) is 65.8 Å². The Bertz CT molecular complexity index is 1140. The Morgan fingerprint density at radius 2 is 1.76 bits per heavy atom. The molecule has 2 aliphatic heterocycles. The van der Waals surface area contributed by atoms with Crippen LogP contribution in [0.5, 0.6) is 23.0 Å². The van der Waals surface area contributed by atoms with Gasteiger partial charge in [-0.2, -0.15) is 4.39 Å². The molecule has 1 saturated heterocycles. The largest absolute Gasteiger partial charge is 0.508 e. The minimum Gasteiger partial charge on any atom is -0.508 e. The summed E-state index contributed by atoms with van der Waals surface area (Å²) in [7, 11) is 0. The summed E-state index contributed by atoms with van der Waals surface area (Å²) in [5.74, 6) is 2.42. The van der Waals surface area contributed by atoms with Crippen LogP contribution in [-0.2, 0) is 0 Å². The predicted molar refractivity (Wildman–Crippen MR) is 132 cm³/mol. The van der Waals surface area contributed by atoms with Gasteiger partial charge in [0.2, 0.25) is 0 Å². The highest BCUT2D eigenvalue weighted by Gasteiger charge is 2.25. The zero-order chi connectivity index (χ0) is 22.6. The second-order valence-corrected chi connectivity index (χ2v) is 9.76. The molecule has 4 nitrogen and oxygen atoms in total. The summed E-state index contributed by atoms with van der Waals surface area (Å²) >= 11 is 1.22. The van der Waals surface area contributed by atoms with Gasteiger partial charge in [0.15, 0.2) is 5.16 Å². The second-order valence-electron chi connectivity index (χ2n) is 8.56. The van der Waals surface area contributed by atoms with Gasteiger partial charge in [-0.3, -0.25) is 4.90 Å². The van der Waals surface area contributed by atoms with E-state index in [2.05, 4.69) is 4.90 Å². The number of phenols is 1. The molecule has 1 fully saturated rings. The van der Waals surface area contributed by atoms with Crippen LogP contribution in [0.4, 0.5) is 4.39 Å². The quantitative estimate of drug-likeness (QED) is 0.400. The molecule has 0 spiro atoms. The fraction of sp³-hybridized carbons (Fsp3) is 0.333. The van der Waals surface area contributed by atoms with E-state index in [0.717, 1.165) is 28.6 Å². The van der Waals surface area contributed by atoms with Crippen molar-refractivity contribution in [1.82, 2.24) is 4.90 Å². The van der Waals surface area contributed by atoms with Crippen LogP contribution in [0, 0.1) is 0 Å². The minimum atomic E-state index is -0.150. The van der Waals surface area contributed by atoms with Gasteiger partial charge >= 0.3 is 0 Å². The number of nitrogens with zero attached hydrogens (tertiary/aromatic N) is 1. The molecule has 0 saturated carbocycles. The van der Waals surface area contributed by atoms with Gasteiger partial charge < -0.3 is 14.6 Å². The number of ether oxygens (including phenoxy) is 2. The van der Waals surface area contributed by atoms with Crippen LogP contribution in [0.2, 0.25) is 0 Å². The number of piperidine rings is 1. The van der Waals surface area contributed by atoms with Crippen molar-refractivity contribution in [2.45, 2.75) is 30.9 Å². The maximum absolute atomic E-state index is 13.8. The van der Waals surface area contributed by atoms with Crippen LogP contribution >= 0.6 is 11.8 Å². The van der Waals surface area contributed by atoms with E-state index >= 15 is 0 Å². The number of hydrogen-bond donors (Lipinski definition) is 1. The standard InChI is InChI=1S/C27H28FNO3S/c28-26-13-12-25(33-26)24-10-4-19-18-20(30)5-11-23(19)27(24)32-22-8-6-21(7-9-22)31-17-16-29-14-2-1-3-15-29/h4-11,13,18,25,30H,1-3,12,14-17H2. The molecule has 0 aliphatic carbocycles. The van der Waals surface area contributed by atoms with Crippen molar-refractivity contribution >= 4 is 22.5 Å². The number of hydrogen-bond acceptors (Lipinski definition) is 5. The highest BCUT2D eigenvalue weighted by Crippen LogP contribution is 2.49. The number of fused-ring (bicyclic) bond motifs is 1. The van der Waals surface area contributed by atoms with Crippen molar-refractivity contribution in [3.8, 4) is 23.0 Å². The van der Waals surface area contributed by atoms with E-state index < -0.39 is 0 Å². The fourth-order valence-electron chi connectivity index (χ4n) is 4.49. The monoisotopic (exact) mass is 465 g/mol. The zero-order valence-electron chi connectivity index (χ0n) is 18.5. The van der Waals surface area contributed by atoms with Crippen LogP contribution in [0.25, 0.3) is 10.8 Å². The summed E-state index contributed by atoms with van der Waals surface area (Å²) in [6.45, 7) is 3.96. The Balaban J connectivity index is 1.32.